The van der Waals surface area contributed by atoms with Crippen LogP contribution in [0.3, 0.4) is 0 Å². The molecule has 5 nitrogen and oxygen atoms in total. The first-order chi connectivity index (χ1) is 9.17. The molecule has 0 bridgehead atoms. The Morgan fingerprint density at radius 2 is 2.16 bits per heavy atom. The number of carbonyl (C=O) groups excluding carboxylic acids is 1. The summed E-state index contributed by atoms with van der Waals surface area (Å²) >= 11 is 6.27. The third-order valence-electron chi connectivity index (χ3n) is 2.87. The first kappa shape index (κ1) is 13.7. The average Bonchev–Trinajstić information content (AvgIpc) is 2.76. The van der Waals surface area contributed by atoms with Gasteiger partial charge in [0.1, 0.15) is 5.69 Å². The molecule has 0 spiro atoms. The number of ketones is 1. The van der Waals surface area contributed by atoms with Crippen LogP contribution >= 0.6 is 11.6 Å². The maximum Gasteiger partial charge on any atom is 0.188 e. The van der Waals surface area contributed by atoms with Gasteiger partial charge in [0.15, 0.2) is 5.78 Å². The Labute approximate surface area is 116 Å². The van der Waals surface area contributed by atoms with Gasteiger partial charge >= 0.3 is 0 Å². The van der Waals surface area contributed by atoms with Crippen molar-refractivity contribution in [3.05, 3.63) is 40.7 Å². The van der Waals surface area contributed by atoms with Gasteiger partial charge in [0.05, 0.1) is 29.0 Å². The van der Waals surface area contributed by atoms with E-state index in [4.69, 9.17) is 11.6 Å². The molecule has 2 aromatic rings. The fraction of sp³-hybridized carbons (Fsp3) is 0.385. The maximum atomic E-state index is 12.1. The van der Waals surface area contributed by atoms with Crippen LogP contribution in [-0.2, 0) is 19.4 Å². The molecule has 0 aromatic carbocycles. The molecule has 2 rings (SSSR count). The number of carbonyl (C=O) groups is 1. The van der Waals surface area contributed by atoms with Crippen molar-refractivity contribution in [2.45, 2.75) is 33.2 Å². The SMILES string of the molecule is CCc1nn(CC)c(CC(=O)c2cnccn2)c1Cl. The molecule has 0 aliphatic rings. The zero-order chi connectivity index (χ0) is 13.8. The Morgan fingerprint density at radius 3 is 2.74 bits per heavy atom. The van der Waals surface area contributed by atoms with E-state index in [-0.39, 0.29) is 12.2 Å². The Hall–Kier alpha value is -1.75. The number of nitrogens with zero attached hydrogens (tertiary/aromatic N) is 4. The standard InChI is InChI=1S/C13H15ClN4O/c1-3-9-13(14)11(18(4-2)17-9)7-12(19)10-8-15-5-6-16-10/h5-6,8H,3-4,7H2,1-2H3. The van der Waals surface area contributed by atoms with Crippen LogP contribution in [0.2, 0.25) is 5.02 Å². The molecule has 0 N–H and O–H groups in total. The van der Waals surface area contributed by atoms with Gasteiger partial charge in [0.2, 0.25) is 0 Å². The van der Waals surface area contributed by atoms with E-state index in [0.29, 0.717) is 17.3 Å². The molecule has 0 atom stereocenters. The van der Waals surface area contributed by atoms with Gasteiger partial charge in [-0.3, -0.25) is 14.5 Å². The second-order valence-electron chi connectivity index (χ2n) is 4.07. The van der Waals surface area contributed by atoms with Gasteiger partial charge < -0.3 is 0 Å². The molecule has 19 heavy (non-hydrogen) atoms. The van der Waals surface area contributed by atoms with Crippen molar-refractivity contribution in [1.29, 1.82) is 0 Å². The molecule has 0 aliphatic heterocycles. The molecule has 0 amide bonds. The first-order valence-electron chi connectivity index (χ1n) is 6.20. The molecule has 100 valence electrons. The maximum absolute atomic E-state index is 12.1. The zero-order valence-corrected chi connectivity index (χ0v) is 11.7. The third kappa shape index (κ3) is 2.81. The van der Waals surface area contributed by atoms with Crippen LogP contribution in [0.1, 0.15) is 35.7 Å². The summed E-state index contributed by atoms with van der Waals surface area (Å²) in [6.07, 6.45) is 5.44. The molecule has 0 aliphatic carbocycles. The summed E-state index contributed by atoms with van der Waals surface area (Å²) in [4.78, 5) is 20.0. The first-order valence-corrected chi connectivity index (χ1v) is 6.58. The topological polar surface area (TPSA) is 60.7 Å². The summed E-state index contributed by atoms with van der Waals surface area (Å²) in [7, 11) is 0. The van der Waals surface area contributed by atoms with Crippen molar-refractivity contribution in [1.82, 2.24) is 19.7 Å². The largest absolute Gasteiger partial charge is 0.292 e. The molecular weight excluding hydrogens is 264 g/mol. The summed E-state index contributed by atoms with van der Waals surface area (Å²) in [6.45, 7) is 4.64. The minimum atomic E-state index is -0.104. The number of Topliss-reactive ketones (excluding diaryl/α,β-unsaturated/α-hetero) is 1. The lowest BCUT2D eigenvalue weighted by atomic mass is 10.1. The van der Waals surface area contributed by atoms with E-state index in [2.05, 4.69) is 15.1 Å². The number of hydrogen-bond donors (Lipinski definition) is 0. The zero-order valence-electron chi connectivity index (χ0n) is 10.9. The van der Waals surface area contributed by atoms with Gasteiger partial charge in [-0.05, 0) is 13.3 Å². The molecule has 0 fully saturated rings. The van der Waals surface area contributed by atoms with Gasteiger partial charge in [-0.25, -0.2) is 4.98 Å². The number of rotatable bonds is 5. The Balaban J connectivity index is 2.28. The lowest BCUT2D eigenvalue weighted by Crippen LogP contribution is -2.11. The van der Waals surface area contributed by atoms with Gasteiger partial charge in [0.25, 0.3) is 0 Å². The molecular formula is C13H15ClN4O. The smallest absolute Gasteiger partial charge is 0.188 e. The second kappa shape index (κ2) is 5.93. The highest BCUT2D eigenvalue weighted by atomic mass is 35.5. The molecule has 6 heteroatoms. The van der Waals surface area contributed by atoms with Crippen molar-refractivity contribution >= 4 is 17.4 Å². The number of hydrogen-bond acceptors (Lipinski definition) is 4. The van der Waals surface area contributed by atoms with Crippen molar-refractivity contribution < 1.29 is 4.79 Å². The lowest BCUT2D eigenvalue weighted by molar-refractivity contribution is 0.0985. The van der Waals surface area contributed by atoms with E-state index in [1.165, 1.54) is 18.6 Å². The van der Waals surface area contributed by atoms with Crippen LogP contribution in [0.15, 0.2) is 18.6 Å². The van der Waals surface area contributed by atoms with Gasteiger partial charge in [0, 0.05) is 18.9 Å². The highest BCUT2D eigenvalue weighted by Gasteiger charge is 2.18. The Morgan fingerprint density at radius 1 is 1.37 bits per heavy atom. The van der Waals surface area contributed by atoms with E-state index >= 15 is 0 Å². The number of aryl methyl sites for hydroxylation is 2. The van der Waals surface area contributed by atoms with Crippen LogP contribution in [-0.4, -0.2) is 25.5 Å². The normalized spacial score (nSPS) is 10.7. The van der Waals surface area contributed by atoms with Crippen molar-refractivity contribution in [3.8, 4) is 0 Å². The summed E-state index contributed by atoms with van der Waals surface area (Å²) in [5, 5.41) is 4.97. The quantitative estimate of drug-likeness (QED) is 0.788. The summed E-state index contributed by atoms with van der Waals surface area (Å²) in [5.74, 6) is -0.104. The Bertz CT molecular complexity index is 580. The fourth-order valence-corrected chi connectivity index (χ4v) is 2.21. The van der Waals surface area contributed by atoms with Crippen molar-refractivity contribution in [2.75, 3.05) is 0 Å². The Kier molecular flexibility index (Phi) is 4.27. The highest BCUT2D eigenvalue weighted by Crippen LogP contribution is 2.22. The van der Waals surface area contributed by atoms with Crippen molar-refractivity contribution in [3.63, 3.8) is 0 Å². The number of halogens is 1. The van der Waals surface area contributed by atoms with Crippen LogP contribution in [0.4, 0.5) is 0 Å². The van der Waals surface area contributed by atoms with Gasteiger partial charge in [-0.15, -0.1) is 0 Å². The van der Waals surface area contributed by atoms with E-state index in [1.54, 1.807) is 4.68 Å². The molecule has 2 heterocycles. The van der Waals surface area contributed by atoms with E-state index < -0.39 is 0 Å². The molecule has 0 unspecified atom stereocenters. The van der Waals surface area contributed by atoms with Crippen LogP contribution in [0, 0.1) is 0 Å². The molecule has 0 radical (unpaired) electrons. The summed E-state index contributed by atoms with van der Waals surface area (Å²) in [6, 6.07) is 0. The van der Waals surface area contributed by atoms with E-state index in [0.717, 1.165) is 17.8 Å². The van der Waals surface area contributed by atoms with Gasteiger partial charge in [-0.2, -0.15) is 5.10 Å². The third-order valence-corrected chi connectivity index (χ3v) is 3.31. The molecule has 2 aromatic heterocycles. The summed E-state index contributed by atoms with van der Waals surface area (Å²) in [5.41, 5.74) is 1.92. The van der Waals surface area contributed by atoms with Crippen LogP contribution in [0.25, 0.3) is 0 Å². The van der Waals surface area contributed by atoms with Crippen LogP contribution in [0.5, 0.6) is 0 Å². The second-order valence-corrected chi connectivity index (χ2v) is 4.45. The minimum absolute atomic E-state index is 0.104. The van der Waals surface area contributed by atoms with Crippen molar-refractivity contribution in [2.24, 2.45) is 0 Å². The predicted octanol–water partition coefficient (Wildman–Crippen LogP) is 2.33. The monoisotopic (exact) mass is 278 g/mol. The predicted molar refractivity (Wildman–Crippen MR) is 72.4 cm³/mol. The minimum Gasteiger partial charge on any atom is -0.292 e. The molecule has 0 saturated carbocycles. The highest BCUT2D eigenvalue weighted by molar-refractivity contribution is 6.32. The average molecular weight is 279 g/mol. The summed E-state index contributed by atoms with van der Waals surface area (Å²) < 4.78 is 1.77. The molecule has 0 saturated heterocycles. The van der Waals surface area contributed by atoms with E-state index in [1.807, 2.05) is 13.8 Å². The fourth-order valence-electron chi connectivity index (χ4n) is 1.87. The van der Waals surface area contributed by atoms with Gasteiger partial charge in [-0.1, -0.05) is 18.5 Å². The van der Waals surface area contributed by atoms with Crippen LogP contribution < -0.4 is 0 Å². The number of aromatic nitrogens is 4. The lowest BCUT2D eigenvalue weighted by Gasteiger charge is -2.04. The van der Waals surface area contributed by atoms with E-state index in [9.17, 15) is 4.79 Å².